The number of pyridine rings is 2. The van der Waals surface area contributed by atoms with Gasteiger partial charge in [0, 0.05) is 11.6 Å². The molecule has 0 spiro atoms. The Bertz CT molecular complexity index is 1280. The highest BCUT2D eigenvalue weighted by Crippen LogP contribution is 2.38. The van der Waals surface area contributed by atoms with Gasteiger partial charge in [0.05, 0.1) is 17.4 Å². The molecular weight excluding hydrogens is 457 g/mol. The molecule has 1 aliphatic carbocycles. The quantitative estimate of drug-likeness (QED) is 0.491. The number of aromatic nitrogens is 2. The van der Waals surface area contributed by atoms with Gasteiger partial charge in [-0.3, -0.25) is 4.72 Å². The second-order valence-electron chi connectivity index (χ2n) is 7.84. The molecular formula is C22H21F3N4O3S. The maximum absolute atomic E-state index is 13.6. The standard InChI is InChI=1S/C22H21F3N4O3S/c1-13-5-2-3-6-16(13)21-17(22(23,24)25)9-10-19(28-21)29-33(31,32)20-8-4-7-18(27-20)26-14-11-15(30)12-14/h2-10,14-15,30H,11-12H2,1H3,(H,26,27)(H,28,29). The summed E-state index contributed by atoms with van der Waals surface area (Å²) in [6.45, 7) is 1.65. The monoisotopic (exact) mass is 478 g/mol. The Morgan fingerprint density at radius 3 is 2.36 bits per heavy atom. The first-order valence-electron chi connectivity index (χ1n) is 10.1. The molecule has 7 nitrogen and oxygen atoms in total. The molecule has 0 aliphatic heterocycles. The van der Waals surface area contributed by atoms with E-state index in [0.29, 0.717) is 24.2 Å². The van der Waals surface area contributed by atoms with Gasteiger partial charge in [-0.25, -0.2) is 9.97 Å². The second kappa shape index (κ2) is 8.64. The Morgan fingerprint density at radius 2 is 1.70 bits per heavy atom. The number of rotatable bonds is 6. The fourth-order valence-electron chi connectivity index (χ4n) is 3.54. The molecule has 33 heavy (non-hydrogen) atoms. The van der Waals surface area contributed by atoms with Gasteiger partial charge in [-0.2, -0.15) is 21.6 Å². The van der Waals surface area contributed by atoms with Crippen LogP contribution in [0, 0.1) is 6.92 Å². The molecule has 3 aromatic rings. The van der Waals surface area contributed by atoms with Crippen LogP contribution < -0.4 is 10.0 Å². The van der Waals surface area contributed by atoms with Crippen LogP contribution in [0.15, 0.2) is 59.6 Å². The van der Waals surface area contributed by atoms with Gasteiger partial charge in [0.2, 0.25) is 0 Å². The number of sulfonamides is 1. The van der Waals surface area contributed by atoms with Crippen molar-refractivity contribution in [2.75, 3.05) is 10.0 Å². The number of halogens is 3. The summed E-state index contributed by atoms with van der Waals surface area (Å²) in [5.41, 5.74) is -0.519. The number of aryl methyl sites for hydroxylation is 1. The topological polar surface area (TPSA) is 104 Å². The van der Waals surface area contributed by atoms with Crippen molar-refractivity contribution < 1.29 is 26.7 Å². The third-order valence-electron chi connectivity index (χ3n) is 5.30. The molecule has 1 aliphatic rings. The maximum atomic E-state index is 13.6. The molecule has 174 valence electrons. The largest absolute Gasteiger partial charge is 0.418 e. The van der Waals surface area contributed by atoms with Crippen molar-refractivity contribution in [2.45, 2.75) is 43.1 Å². The Hall–Kier alpha value is -3.18. The van der Waals surface area contributed by atoms with E-state index in [0.717, 1.165) is 12.1 Å². The molecule has 1 fully saturated rings. The maximum Gasteiger partial charge on any atom is 0.418 e. The summed E-state index contributed by atoms with van der Waals surface area (Å²) in [7, 11) is -4.22. The fraction of sp³-hybridized carbons (Fsp3) is 0.273. The van der Waals surface area contributed by atoms with Crippen LogP contribution >= 0.6 is 0 Å². The van der Waals surface area contributed by atoms with Crippen LogP contribution in [0.2, 0.25) is 0 Å². The summed E-state index contributed by atoms with van der Waals surface area (Å²) in [6, 6.07) is 12.6. The van der Waals surface area contributed by atoms with Crippen LogP contribution in [0.3, 0.4) is 0 Å². The molecule has 1 aromatic carbocycles. The van der Waals surface area contributed by atoms with Crippen LogP contribution in [0.4, 0.5) is 24.8 Å². The van der Waals surface area contributed by atoms with E-state index < -0.39 is 21.8 Å². The van der Waals surface area contributed by atoms with Crippen LogP contribution in [0.25, 0.3) is 11.3 Å². The van der Waals surface area contributed by atoms with Crippen molar-refractivity contribution in [3.05, 3.63) is 65.7 Å². The first kappa shape index (κ1) is 23.0. The summed E-state index contributed by atoms with van der Waals surface area (Å²) in [5, 5.41) is 12.1. The van der Waals surface area contributed by atoms with Gasteiger partial charge >= 0.3 is 6.18 Å². The van der Waals surface area contributed by atoms with E-state index in [1.807, 2.05) is 0 Å². The van der Waals surface area contributed by atoms with Crippen LogP contribution in [0.1, 0.15) is 24.0 Å². The zero-order valence-corrected chi connectivity index (χ0v) is 18.3. The molecule has 0 amide bonds. The first-order chi connectivity index (χ1) is 15.5. The number of alkyl halides is 3. The Kier molecular flexibility index (Phi) is 6.02. The van der Waals surface area contributed by atoms with Crippen molar-refractivity contribution in [3.8, 4) is 11.3 Å². The lowest BCUT2D eigenvalue weighted by molar-refractivity contribution is -0.137. The highest BCUT2D eigenvalue weighted by atomic mass is 32.2. The molecule has 0 unspecified atom stereocenters. The molecule has 2 aromatic heterocycles. The minimum atomic E-state index is -4.67. The van der Waals surface area contributed by atoms with Gasteiger partial charge < -0.3 is 10.4 Å². The van der Waals surface area contributed by atoms with E-state index in [9.17, 15) is 26.7 Å². The van der Waals surface area contributed by atoms with Crippen molar-refractivity contribution >= 4 is 21.7 Å². The lowest BCUT2D eigenvalue weighted by Gasteiger charge is -2.32. The molecule has 1 saturated carbocycles. The zero-order valence-electron chi connectivity index (χ0n) is 17.5. The van der Waals surface area contributed by atoms with Gasteiger partial charge in [-0.15, -0.1) is 0 Å². The molecule has 3 N–H and O–H groups in total. The van der Waals surface area contributed by atoms with E-state index >= 15 is 0 Å². The van der Waals surface area contributed by atoms with Gasteiger partial charge in [0.1, 0.15) is 11.6 Å². The number of anilines is 2. The smallest absolute Gasteiger partial charge is 0.393 e. The molecule has 0 saturated heterocycles. The number of aliphatic hydroxyl groups excluding tert-OH is 1. The van der Waals surface area contributed by atoms with Crippen LogP contribution in [-0.4, -0.2) is 35.6 Å². The second-order valence-corrected chi connectivity index (χ2v) is 9.47. The summed E-state index contributed by atoms with van der Waals surface area (Å²) < 4.78 is 68.7. The average molecular weight is 478 g/mol. The molecule has 0 radical (unpaired) electrons. The van der Waals surface area contributed by atoms with E-state index in [2.05, 4.69) is 20.0 Å². The Labute approximate surface area is 188 Å². The van der Waals surface area contributed by atoms with E-state index in [-0.39, 0.29) is 34.2 Å². The van der Waals surface area contributed by atoms with Gasteiger partial charge in [-0.1, -0.05) is 30.3 Å². The van der Waals surface area contributed by atoms with Gasteiger partial charge in [0.25, 0.3) is 10.0 Å². The summed E-state index contributed by atoms with van der Waals surface area (Å²) in [6.07, 6.45) is -3.98. The summed E-state index contributed by atoms with van der Waals surface area (Å²) in [5.74, 6) is 0.0549. The number of benzene rings is 1. The number of nitrogens with zero attached hydrogens (tertiary/aromatic N) is 2. The fourth-order valence-corrected chi connectivity index (χ4v) is 4.51. The first-order valence-corrected chi connectivity index (χ1v) is 11.6. The summed E-state index contributed by atoms with van der Waals surface area (Å²) in [4.78, 5) is 8.09. The third kappa shape index (κ3) is 5.09. The number of hydrogen-bond acceptors (Lipinski definition) is 6. The summed E-state index contributed by atoms with van der Waals surface area (Å²) >= 11 is 0. The highest BCUT2D eigenvalue weighted by Gasteiger charge is 2.35. The van der Waals surface area contributed by atoms with Crippen LogP contribution in [0.5, 0.6) is 0 Å². The molecule has 0 bridgehead atoms. The van der Waals surface area contributed by atoms with Crippen molar-refractivity contribution in [3.63, 3.8) is 0 Å². The van der Waals surface area contributed by atoms with E-state index in [4.69, 9.17) is 0 Å². The highest BCUT2D eigenvalue weighted by molar-refractivity contribution is 7.92. The van der Waals surface area contributed by atoms with Gasteiger partial charge in [0.15, 0.2) is 5.03 Å². The van der Waals surface area contributed by atoms with Crippen molar-refractivity contribution in [1.29, 1.82) is 0 Å². The van der Waals surface area contributed by atoms with Crippen molar-refractivity contribution in [1.82, 2.24) is 9.97 Å². The third-order valence-corrected chi connectivity index (χ3v) is 6.56. The zero-order chi connectivity index (χ0) is 23.8. The van der Waals surface area contributed by atoms with E-state index in [1.165, 1.54) is 18.2 Å². The Morgan fingerprint density at radius 1 is 0.970 bits per heavy atom. The number of aliphatic hydroxyl groups is 1. The van der Waals surface area contributed by atoms with Crippen LogP contribution in [-0.2, 0) is 16.2 Å². The van der Waals surface area contributed by atoms with Gasteiger partial charge in [-0.05, 0) is 49.6 Å². The lowest BCUT2D eigenvalue weighted by Crippen LogP contribution is -2.39. The average Bonchev–Trinajstić information content (AvgIpc) is 2.72. The molecule has 11 heteroatoms. The Balaban J connectivity index is 1.65. The number of hydrogen-bond donors (Lipinski definition) is 3. The molecule has 2 heterocycles. The SMILES string of the molecule is Cc1ccccc1-c1nc(NS(=O)(=O)c2cccc(NC3CC(O)C3)n2)ccc1C(F)(F)F. The lowest BCUT2D eigenvalue weighted by atomic mass is 9.89. The minimum absolute atomic E-state index is 0.00772. The molecule has 0 atom stereocenters. The molecule has 4 rings (SSSR count). The minimum Gasteiger partial charge on any atom is -0.393 e. The number of nitrogens with one attached hydrogen (secondary N) is 2. The normalized spacial score (nSPS) is 18.5. The predicted molar refractivity (Wildman–Crippen MR) is 117 cm³/mol. The van der Waals surface area contributed by atoms with E-state index in [1.54, 1.807) is 31.2 Å². The predicted octanol–water partition coefficient (Wildman–Crippen LogP) is 4.21. The van der Waals surface area contributed by atoms with Crippen molar-refractivity contribution in [2.24, 2.45) is 0 Å².